The molecule has 0 bridgehead atoms. The molecule has 3 N–H and O–H groups in total. The lowest BCUT2D eigenvalue weighted by molar-refractivity contribution is -0.113. The molecule has 6 heteroatoms. The maximum absolute atomic E-state index is 10.9. The summed E-state index contributed by atoms with van der Waals surface area (Å²) >= 11 is 1.47. The first kappa shape index (κ1) is 26.7. The van der Waals surface area contributed by atoms with Gasteiger partial charge >= 0.3 is 0 Å². The van der Waals surface area contributed by atoms with Crippen molar-refractivity contribution < 1.29 is 9.53 Å². The Kier molecular flexibility index (Phi) is 12.2. The predicted octanol–water partition coefficient (Wildman–Crippen LogP) is 7.78. The lowest BCUT2D eigenvalue weighted by Gasteiger charge is -2.07. The van der Waals surface area contributed by atoms with Crippen molar-refractivity contribution in [3.8, 4) is 11.5 Å². The van der Waals surface area contributed by atoms with Gasteiger partial charge < -0.3 is 15.8 Å². The topological polar surface area (TPSA) is 77.2 Å². The van der Waals surface area contributed by atoms with Crippen LogP contribution < -0.4 is 15.8 Å². The SMILES string of the molecule is C/C=C(C)\C(=C/C)C(C)=O.CC.Nc1csc(Nc2ccc(Oc3ccccc3)cc2)n1. The van der Waals surface area contributed by atoms with E-state index >= 15 is 0 Å². The number of Topliss-reactive ketones (excluding diaryl/α,β-unsaturated/α-hetero) is 1. The molecule has 0 unspecified atom stereocenters. The maximum atomic E-state index is 10.9. The molecule has 3 rings (SSSR count). The van der Waals surface area contributed by atoms with Crippen LogP contribution in [0.15, 0.2) is 83.3 Å². The van der Waals surface area contributed by atoms with E-state index in [0.29, 0.717) is 5.82 Å². The molecular weight excluding hydrogens is 418 g/mol. The fourth-order valence-corrected chi connectivity index (χ4v) is 3.18. The molecule has 5 nitrogen and oxygen atoms in total. The normalized spacial score (nSPS) is 10.8. The van der Waals surface area contributed by atoms with Crippen LogP contribution >= 0.6 is 11.3 Å². The van der Waals surface area contributed by atoms with Crippen molar-refractivity contribution in [2.24, 2.45) is 0 Å². The highest BCUT2D eigenvalue weighted by Gasteiger charge is 2.02. The fraction of sp³-hybridized carbons (Fsp3) is 0.231. The second kappa shape index (κ2) is 14.6. The number of nitrogens with two attached hydrogens (primary N) is 1. The van der Waals surface area contributed by atoms with Gasteiger partial charge in [-0.2, -0.15) is 0 Å². The molecule has 1 heterocycles. The number of allylic oxidation sites excluding steroid dienone is 4. The van der Waals surface area contributed by atoms with E-state index in [1.54, 1.807) is 12.3 Å². The molecule has 0 aliphatic rings. The Morgan fingerprint density at radius 2 is 1.56 bits per heavy atom. The number of ketones is 1. The molecular formula is C26H33N3O2S. The predicted molar refractivity (Wildman–Crippen MR) is 138 cm³/mol. The van der Waals surface area contributed by atoms with Crippen molar-refractivity contribution in [2.45, 2.75) is 41.5 Å². The molecule has 32 heavy (non-hydrogen) atoms. The van der Waals surface area contributed by atoms with Crippen LogP contribution in [0.3, 0.4) is 0 Å². The Bertz CT molecular complexity index is 1010. The number of aromatic nitrogens is 1. The van der Waals surface area contributed by atoms with Gasteiger partial charge in [-0.05, 0) is 69.7 Å². The van der Waals surface area contributed by atoms with E-state index in [1.807, 2.05) is 101 Å². The standard InChI is InChI=1S/C15H13N3OS.C9H14O.C2H6/c16-14-10-20-15(18-14)17-11-6-8-13(9-7-11)19-12-4-2-1-3-5-12;1-5-7(3)9(6-2)8(4)10;1-2/h1-10H,16H2,(H,17,18);5-6H,1-4H3;1-2H3/b;7-5-,9-6+;. The molecule has 0 aliphatic carbocycles. The van der Waals surface area contributed by atoms with Gasteiger partial charge in [-0.3, -0.25) is 4.79 Å². The molecule has 0 spiro atoms. The van der Waals surface area contributed by atoms with Crippen molar-refractivity contribution >= 4 is 33.8 Å². The molecule has 0 fully saturated rings. The third kappa shape index (κ3) is 9.18. The number of nitrogen functional groups attached to an aromatic ring is 1. The van der Waals surface area contributed by atoms with Crippen LogP contribution in [0.1, 0.15) is 41.5 Å². The zero-order chi connectivity index (χ0) is 23.9. The summed E-state index contributed by atoms with van der Waals surface area (Å²) in [5.41, 5.74) is 8.40. The number of rotatable bonds is 6. The average molecular weight is 452 g/mol. The Morgan fingerprint density at radius 3 is 2.00 bits per heavy atom. The van der Waals surface area contributed by atoms with Gasteiger partial charge in [-0.15, -0.1) is 11.3 Å². The van der Waals surface area contributed by atoms with E-state index in [0.717, 1.165) is 33.5 Å². The van der Waals surface area contributed by atoms with Gasteiger partial charge in [-0.1, -0.05) is 44.2 Å². The largest absolute Gasteiger partial charge is 0.457 e. The third-order valence-electron chi connectivity index (χ3n) is 4.13. The van der Waals surface area contributed by atoms with Crippen LogP contribution in [0.5, 0.6) is 11.5 Å². The summed E-state index contributed by atoms with van der Waals surface area (Å²) in [5.74, 6) is 2.28. The van der Waals surface area contributed by atoms with Crippen molar-refractivity contribution in [1.29, 1.82) is 0 Å². The van der Waals surface area contributed by atoms with E-state index in [9.17, 15) is 4.79 Å². The number of thiazole rings is 1. The van der Waals surface area contributed by atoms with Crippen LogP contribution in [0, 0.1) is 0 Å². The number of hydrogen-bond acceptors (Lipinski definition) is 6. The summed E-state index contributed by atoms with van der Waals surface area (Å²) in [4.78, 5) is 15.0. The molecule has 0 saturated carbocycles. The molecule has 1 aromatic heterocycles. The fourth-order valence-electron chi connectivity index (χ4n) is 2.56. The second-order valence-electron chi connectivity index (χ2n) is 6.37. The number of nitrogens with zero attached hydrogens (tertiary/aromatic N) is 1. The summed E-state index contributed by atoms with van der Waals surface area (Å²) in [6.45, 7) is 11.3. The first-order valence-electron chi connectivity index (χ1n) is 10.5. The number of nitrogens with one attached hydrogen (secondary N) is 1. The first-order chi connectivity index (χ1) is 15.4. The zero-order valence-electron chi connectivity index (χ0n) is 19.7. The van der Waals surface area contributed by atoms with Crippen molar-refractivity contribution in [3.63, 3.8) is 0 Å². The molecule has 0 amide bonds. The van der Waals surface area contributed by atoms with Crippen molar-refractivity contribution in [3.05, 3.63) is 83.3 Å². The Balaban J connectivity index is 0.000000364. The summed E-state index contributed by atoms with van der Waals surface area (Å²) in [6.07, 6.45) is 3.79. The average Bonchev–Trinajstić information content (AvgIpc) is 3.22. The van der Waals surface area contributed by atoms with Crippen LogP contribution in [0.25, 0.3) is 0 Å². The van der Waals surface area contributed by atoms with Crippen LogP contribution in [0.2, 0.25) is 0 Å². The minimum absolute atomic E-state index is 0.137. The van der Waals surface area contributed by atoms with Crippen molar-refractivity contribution in [1.82, 2.24) is 4.98 Å². The number of para-hydroxylation sites is 1. The molecule has 0 atom stereocenters. The minimum atomic E-state index is 0.137. The second-order valence-corrected chi connectivity index (χ2v) is 7.23. The quantitative estimate of drug-likeness (QED) is 0.295. The van der Waals surface area contributed by atoms with Gasteiger partial charge in [0.2, 0.25) is 0 Å². The van der Waals surface area contributed by atoms with E-state index in [1.165, 1.54) is 11.3 Å². The smallest absolute Gasteiger partial charge is 0.189 e. The molecule has 0 saturated heterocycles. The van der Waals surface area contributed by atoms with E-state index in [4.69, 9.17) is 10.5 Å². The summed E-state index contributed by atoms with van der Waals surface area (Å²) in [6, 6.07) is 17.4. The van der Waals surface area contributed by atoms with E-state index < -0.39 is 0 Å². The minimum Gasteiger partial charge on any atom is -0.457 e. The van der Waals surface area contributed by atoms with Crippen LogP contribution in [-0.2, 0) is 4.79 Å². The lowest BCUT2D eigenvalue weighted by Crippen LogP contribution is -1.96. The lowest BCUT2D eigenvalue weighted by atomic mass is 10.0. The number of hydrogen-bond donors (Lipinski definition) is 2. The van der Waals surface area contributed by atoms with Crippen LogP contribution in [-0.4, -0.2) is 10.8 Å². The summed E-state index contributed by atoms with van der Waals surface area (Å²) in [5, 5.41) is 5.77. The summed E-state index contributed by atoms with van der Waals surface area (Å²) < 4.78 is 5.73. The molecule has 2 aromatic carbocycles. The van der Waals surface area contributed by atoms with Crippen molar-refractivity contribution in [2.75, 3.05) is 11.1 Å². The molecule has 0 radical (unpaired) electrons. The maximum Gasteiger partial charge on any atom is 0.189 e. The van der Waals surface area contributed by atoms with E-state index in [-0.39, 0.29) is 5.78 Å². The zero-order valence-corrected chi connectivity index (χ0v) is 20.5. The molecule has 0 aliphatic heterocycles. The van der Waals surface area contributed by atoms with Gasteiger partial charge in [0, 0.05) is 16.6 Å². The van der Waals surface area contributed by atoms with E-state index in [2.05, 4.69) is 10.3 Å². The monoisotopic (exact) mass is 451 g/mol. The number of anilines is 3. The third-order valence-corrected chi connectivity index (χ3v) is 4.91. The number of ether oxygens (including phenoxy) is 1. The Labute approximate surface area is 195 Å². The van der Waals surface area contributed by atoms with Gasteiger partial charge in [0.05, 0.1) is 0 Å². The Morgan fingerprint density at radius 1 is 0.969 bits per heavy atom. The van der Waals surface area contributed by atoms with Gasteiger partial charge in [0.1, 0.15) is 17.3 Å². The first-order valence-corrected chi connectivity index (χ1v) is 11.4. The molecule has 3 aromatic rings. The highest BCUT2D eigenvalue weighted by atomic mass is 32.1. The molecule has 170 valence electrons. The number of carbonyl (C=O) groups is 1. The Hall–Kier alpha value is -3.38. The summed E-state index contributed by atoms with van der Waals surface area (Å²) in [7, 11) is 0. The number of benzene rings is 2. The van der Waals surface area contributed by atoms with Crippen LogP contribution in [0.4, 0.5) is 16.6 Å². The van der Waals surface area contributed by atoms with Gasteiger partial charge in [0.25, 0.3) is 0 Å². The number of carbonyl (C=O) groups excluding carboxylic acids is 1. The van der Waals surface area contributed by atoms with Gasteiger partial charge in [-0.25, -0.2) is 4.98 Å². The van der Waals surface area contributed by atoms with Gasteiger partial charge in [0.15, 0.2) is 10.9 Å². The highest BCUT2D eigenvalue weighted by molar-refractivity contribution is 7.14. The highest BCUT2D eigenvalue weighted by Crippen LogP contribution is 2.25.